The molecular weight excluding hydrogens is 316 g/mol. The summed E-state index contributed by atoms with van der Waals surface area (Å²) >= 11 is 6.22. The van der Waals surface area contributed by atoms with Crippen LogP contribution in [0.5, 0.6) is 11.5 Å². The van der Waals surface area contributed by atoms with Crippen LogP contribution >= 0.6 is 11.6 Å². The Labute approximate surface area is 139 Å². The molecule has 4 nitrogen and oxygen atoms in total. The zero-order valence-corrected chi connectivity index (χ0v) is 13.3. The molecule has 1 aliphatic heterocycles. The maximum Gasteiger partial charge on any atom is 0.310 e. The third-order valence-corrected chi connectivity index (χ3v) is 3.73. The van der Waals surface area contributed by atoms with Crippen LogP contribution in [0.2, 0.25) is 5.02 Å². The van der Waals surface area contributed by atoms with E-state index >= 15 is 0 Å². The molecule has 0 atom stereocenters. The van der Waals surface area contributed by atoms with Crippen molar-refractivity contribution in [2.24, 2.45) is 0 Å². The maximum atomic E-state index is 11.9. The molecule has 3 rings (SSSR count). The molecule has 0 radical (unpaired) electrons. The van der Waals surface area contributed by atoms with Crippen LogP contribution in [0.1, 0.15) is 17.5 Å². The van der Waals surface area contributed by atoms with E-state index in [1.165, 1.54) is 0 Å². The summed E-state index contributed by atoms with van der Waals surface area (Å²) in [6.45, 7) is 1.32. The van der Waals surface area contributed by atoms with Crippen LogP contribution < -0.4 is 9.47 Å². The fourth-order valence-corrected chi connectivity index (χ4v) is 2.63. The molecule has 0 spiro atoms. The van der Waals surface area contributed by atoms with Gasteiger partial charge >= 0.3 is 5.97 Å². The van der Waals surface area contributed by atoms with E-state index in [2.05, 4.69) is 0 Å². The largest absolute Gasteiger partial charge is 0.489 e. The number of benzene rings is 2. The van der Waals surface area contributed by atoms with Crippen LogP contribution in [-0.4, -0.2) is 19.2 Å². The zero-order chi connectivity index (χ0) is 16.1. The monoisotopic (exact) mass is 332 g/mol. The van der Waals surface area contributed by atoms with Crippen molar-refractivity contribution in [3.8, 4) is 11.5 Å². The molecule has 0 aliphatic carbocycles. The van der Waals surface area contributed by atoms with Gasteiger partial charge in [0.2, 0.25) is 0 Å². The van der Waals surface area contributed by atoms with Crippen molar-refractivity contribution in [1.29, 1.82) is 0 Å². The number of carbonyl (C=O) groups is 1. The first-order valence-corrected chi connectivity index (χ1v) is 7.88. The molecule has 0 saturated carbocycles. The molecule has 0 saturated heterocycles. The predicted octanol–water partition coefficient (Wildman–Crippen LogP) is 3.79. The van der Waals surface area contributed by atoms with E-state index in [-0.39, 0.29) is 19.0 Å². The smallest absolute Gasteiger partial charge is 0.310 e. The molecule has 1 aliphatic rings. The molecular formula is C18H17ClO4. The van der Waals surface area contributed by atoms with Crippen molar-refractivity contribution in [1.82, 2.24) is 0 Å². The molecule has 0 fully saturated rings. The summed E-state index contributed by atoms with van der Waals surface area (Å²) in [5, 5.41) is 0.471. The summed E-state index contributed by atoms with van der Waals surface area (Å²) in [7, 11) is 0. The van der Waals surface area contributed by atoms with Crippen LogP contribution in [0, 0.1) is 0 Å². The fourth-order valence-electron chi connectivity index (χ4n) is 2.34. The molecule has 120 valence electrons. The lowest BCUT2D eigenvalue weighted by molar-refractivity contribution is -0.144. The summed E-state index contributed by atoms with van der Waals surface area (Å²) in [6.07, 6.45) is 1.06. The summed E-state index contributed by atoms with van der Waals surface area (Å²) < 4.78 is 16.5. The molecule has 0 unspecified atom stereocenters. The SMILES string of the molecule is O=C(Cc1ccccc1)OCc1cc(Cl)c2c(c1)OCCCO2. The minimum atomic E-state index is -0.278. The number of fused-ring (bicyclic) bond motifs is 1. The Bertz CT molecular complexity index is 685. The normalized spacial score (nSPS) is 13.3. The van der Waals surface area contributed by atoms with Gasteiger partial charge in [-0.1, -0.05) is 41.9 Å². The highest BCUT2D eigenvalue weighted by Crippen LogP contribution is 2.38. The number of rotatable bonds is 4. The topological polar surface area (TPSA) is 44.8 Å². The van der Waals surface area contributed by atoms with Crippen molar-refractivity contribution in [3.05, 3.63) is 58.6 Å². The van der Waals surface area contributed by atoms with Gasteiger partial charge in [-0.15, -0.1) is 0 Å². The first kappa shape index (κ1) is 15.7. The molecule has 2 aromatic rings. The van der Waals surface area contributed by atoms with Crippen molar-refractivity contribution < 1.29 is 19.0 Å². The van der Waals surface area contributed by atoms with E-state index in [0.29, 0.717) is 29.7 Å². The average Bonchev–Trinajstić information content (AvgIpc) is 2.80. The van der Waals surface area contributed by atoms with Gasteiger partial charge in [0.05, 0.1) is 24.7 Å². The van der Waals surface area contributed by atoms with Crippen LogP contribution in [0.4, 0.5) is 0 Å². The van der Waals surface area contributed by atoms with E-state index in [1.54, 1.807) is 6.07 Å². The van der Waals surface area contributed by atoms with E-state index in [0.717, 1.165) is 17.5 Å². The third-order valence-electron chi connectivity index (χ3n) is 3.45. The molecule has 1 heterocycles. The van der Waals surface area contributed by atoms with Gasteiger partial charge in [0.1, 0.15) is 6.61 Å². The van der Waals surface area contributed by atoms with Gasteiger partial charge in [-0.3, -0.25) is 4.79 Å². The molecule has 0 N–H and O–H groups in total. The Morgan fingerprint density at radius 2 is 1.87 bits per heavy atom. The van der Waals surface area contributed by atoms with Crippen molar-refractivity contribution >= 4 is 17.6 Å². The Balaban J connectivity index is 1.63. The van der Waals surface area contributed by atoms with Gasteiger partial charge in [-0.25, -0.2) is 0 Å². The predicted molar refractivity (Wildman–Crippen MR) is 87.0 cm³/mol. The van der Waals surface area contributed by atoms with Crippen molar-refractivity contribution in [2.75, 3.05) is 13.2 Å². The van der Waals surface area contributed by atoms with Gasteiger partial charge in [0.25, 0.3) is 0 Å². The van der Waals surface area contributed by atoms with Gasteiger partial charge < -0.3 is 14.2 Å². The number of ether oxygens (including phenoxy) is 3. The van der Waals surface area contributed by atoms with E-state index in [1.807, 2.05) is 36.4 Å². The van der Waals surface area contributed by atoms with Crippen LogP contribution in [0.25, 0.3) is 0 Å². The second kappa shape index (κ2) is 7.38. The Morgan fingerprint density at radius 1 is 1.09 bits per heavy atom. The Hall–Kier alpha value is -2.20. The fraction of sp³-hybridized carbons (Fsp3) is 0.278. The highest BCUT2D eigenvalue weighted by atomic mass is 35.5. The lowest BCUT2D eigenvalue weighted by Crippen LogP contribution is -2.08. The van der Waals surface area contributed by atoms with Gasteiger partial charge in [0, 0.05) is 6.42 Å². The van der Waals surface area contributed by atoms with Crippen molar-refractivity contribution in [2.45, 2.75) is 19.4 Å². The van der Waals surface area contributed by atoms with E-state index in [4.69, 9.17) is 25.8 Å². The summed E-state index contributed by atoms with van der Waals surface area (Å²) in [5.41, 5.74) is 1.70. The quantitative estimate of drug-likeness (QED) is 0.799. The van der Waals surface area contributed by atoms with Gasteiger partial charge in [-0.2, -0.15) is 0 Å². The van der Waals surface area contributed by atoms with Crippen LogP contribution in [0.15, 0.2) is 42.5 Å². The first-order chi connectivity index (χ1) is 11.2. The summed E-state index contributed by atoms with van der Waals surface area (Å²) in [4.78, 5) is 11.9. The van der Waals surface area contributed by atoms with Gasteiger partial charge in [0.15, 0.2) is 11.5 Å². The Morgan fingerprint density at radius 3 is 2.70 bits per heavy atom. The molecule has 5 heteroatoms. The lowest BCUT2D eigenvalue weighted by Gasteiger charge is -2.12. The number of hydrogen-bond donors (Lipinski definition) is 0. The molecule has 2 aromatic carbocycles. The number of carbonyl (C=O) groups excluding carboxylic acids is 1. The molecule has 23 heavy (non-hydrogen) atoms. The summed E-state index contributed by atoms with van der Waals surface area (Å²) in [6, 6.07) is 13.0. The standard InChI is InChI=1S/C18H17ClO4/c19-15-9-14(10-16-18(15)22-8-4-7-21-16)12-23-17(20)11-13-5-2-1-3-6-13/h1-3,5-6,9-10H,4,7-8,11-12H2. The highest BCUT2D eigenvalue weighted by Gasteiger charge is 2.16. The van der Waals surface area contributed by atoms with Crippen molar-refractivity contribution in [3.63, 3.8) is 0 Å². The zero-order valence-electron chi connectivity index (χ0n) is 12.6. The molecule has 0 bridgehead atoms. The minimum Gasteiger partial charge on any atom is -0.489 e. The maximum absolute atomic E-state index is 11.9. The van der Waals surface area contributed by atoms with Crippen LogP contribution in [0.3, 0.4) is 0 Å². The van der Waals surface area contributed by atoms with Gasteiger partial charge in [-0.05, 0) is 23.3 Å². The minimum absolute atomic E-state index is 0.155. The third kappa shape index (κ3) is 4.17. The van der Waals surface area contributed by atoms with E-state index in [9.17, 15) is 4.79 Å². The van der Waals surface area contributed by atoms with Crippen LogP contribution in [-0.2, 0) is 22.6 Å². The summed E-state index contributed by atoms with van der Waals surface area (Å²) in [5.74, 6) is 0.882. The molecule has 0 aromatic heterocycles. The number of esters is 1. The Kier molecular flexibility index (Phi) is 5.03. The number of halogens is 1. The van der Waals surface area contributed by atoms with E-state index < -0.39 is 0 Å². The second-order valence-corrected chi connectivity index (χ2v) is 5.69. The second-order valence-electron chi connectivity index (χ2n) is 5.28. The first-order valence-electron chi connectivity index (χ1n) is 7.50. The average molecular weight is 333 g/mol. The highest BCUT2D eigenvalue weighted by molar-refractivity contribution is 6.32. The number of hydrogen-bond acceptors (Lipinski definition) is 4. The molecule has 0 amide bonds. The lowest BCUT2D eigenvalue weighted by atomic mass is 10.1.